The van der Waals surface area contributed by atoms with Gasteiger partial charge in [-0.25, -0.2) is 9.59 Å². The van der Waals surface area contributed by atoms with Crippen LogP contribution in [0.4, 0.5) is 4.79 Å². The molecule has 2 atom stereocenters. The summed E-state index contributed by atoms with van der Waals surface area (Å²) in [5.41, 5.74) is -0.525. The molecular formula is C15H26INO4. The first-order chi connectivity index (χ1) is 9.69. The van der Waals surface area contributed by atoms with Crippen LogP contribution in [0, 0.1) is 0 Å². The van der Waals surface area contributed by atoms with Gasteiger partial charge in [-0.15, -0.1) is 0 Å². The number of esters is 1. The number of alkyl halides is 1. The SMILES string of the molecule is CCC[C@@H](NC(=O)OC(C)(C)C)[C@H](I)/C=C/C(=O)OCC. The standard InChI is InChI=1S/C15H26INO4/c1-6-8-12(17-14(19)21-15(3,4)5)11(16)9-10-13(18)20-7-2/h9-12H,6-8H2,1-5H3,(H,17,19)/b10-9+/t11-,12-/m1/s1. The number of carbonyl (C=O) groups excluding carboxylic acids is 2. The molecule has 0 aromatic carbocycles. The molecule has 1 amide bonds. The normalized spacial score (nSPS) is 14.6. The second-order valence-electron chi connectivity index (χ2n) is 5.60. The van der Waals surface area contributed by atoms with Gasteiger partial charge in [-0.3, -0.25) is 0 Å². The van der Waals surface area contributed by atoms with Crippen LogP contribution in [0.2, 0.25) is 0 Å². The Bertz CT molecular complexity index is 363. The van der Waals surface area contributed by atoms with Crippen LogP contribution >= 0.6 is 22.6 Å². The number of hydrogen-bond donors (Lipinski definition) is 1. The Kier molecular flexibility index (Phi) is 9.65. The summed E-state index contributed by atoms with van der Waals surface area (Å²) in [7, 11) is 0. The topological polar surface area (TPSA) is 64.6 Å². The van der Waals surface area contributed by atoms with Crippen molar-refractivity contribution < 1.29 is 19.1 Å². The van der Waals surface area contributed by atoms with Gasteiger partial charge in [0, 0.05) is 16.0 Å². The molecule has 0 aliphatic carbocycles. The van der Waals surface area contributed by atoms with Crippen LogP contribution in [-0.2, 0) is 14.3 Å². The highest BCUT2D eigenvalue weighted by atomic mass is 127. The zero-order valence-corrected chi connectivity index (χ0v) is 15.6. The Hall–Kier alpha value is -0.790. The Morgan fingerprint density at radius 3 is 2.38 bits per heavy atom. The molecule has 0 radical (unpaired) electrons. The number of halogens is 1. The maximum absolute atomic E-state index is 11.8. The monoisotopic (exact) mass is 411 g/mol. The molecule has 6 heteroatoms. The summed E-state index contributed by atoms with van der Waals surface area (Å²) in [6.45, 7) is 9.62. The summed E-state index contributed by atoms with van der Waals surface area (Å²) in [5.74, 6) is -0.369. The molecule has 5 nitrogen and oxygen atoms in total. The number of carbonyl (C=O) groups is 2. The predicted molar refractivity (Wildman–Crippen MR) is 91.6 cm³/mol. The maximum Gasteiger partial charge on any atom is 0.407 e. The molecule has 0 aromatic rings. The molecule has 0 aromatic heterocycles. The molecule has 0 aliphatic rings. The van der Waals surface area contributed by atoms with E-state index in [1.165, 1.54) is 6.08 Å². The van der Waals surface area contributed by atoms with Crippen molar-refractivity contribution in [1.29, 1.82) is 0 Å². The highest BCUT2D eigenvalue weighted by molar-refractivity contribution is 14.1. The molecular weight excluding hydrogens is 385 g/mol. The second-order valence-corrected chi connectivity index (χ2v) is 7.04. The van der Waals surface area contributed by atoms with Gasteiger partial charge in [0.05, 0.1) is 6.61 Å². The first-order valence-corrected chi connectivity index (χ1v) is 8.42. The van der Waals surface area contributed by atoms with Crippen molar-refractivity contribution in [3.63, 3.8) is 0 Å². The summed E-state index contributed by atoms with van der Waals surface area (Å²) >= 11 is 2.19. The van der Waals surface area contributed by atoms with Crippen molar-refractivity contribution in [1.82, 2.24) is 5.32 Å². The summed E-state index contributed by atoms with van der Waals surface area (Å²) < 4.78 is 10.1. The van der Waals surface area contributed by atoms with Crippen molar-refractivity contribution in [2.45, 2.75) is 63.0 Å². The number of ether oxygens (including phenoxy) is 2. The molecule has 0 saturated heterocycles. The molecule has 1 N–H and O–H groups in total. The lowest BCUT2D eigenvalue weighted by Gasteiger charge is -2.25. The zero-order valence-electron chi connectivity index (χ0n) is 13.4. The fourth-order valence-electron chi connectivity index (χ4n) is 1.58. The zero-order chi connectivity index (χ0) is 16.5. The lowest BCUT2D eigenvalue weighted by Crippen LogP contribution is -2.43. The van der Waals surface area contributed by atoms with Crippen molar-refractivity contribution in [3.05, 3.63) is 12.2 Å². The molecule has 122 valence electrons. The predicted octanol–water partition coefficient (Wildman–Crippen LogP) is 3.60. The molecule has 0 unspecified atom stereocenters. The second kappa shape index (κ2) is 10.0. The maximum atomic E-state index is 11.8. The van der Waals surface area contributed by atoms with E-state index in [1.54, 1.807) is 13.0 Å². The van der Waals surface area contributed by atoms with Crippen LogP contribution in [-0.4, -0.2) is 34.2 Å². The number of rotatable bonds is 7. The molecule has 0 bridgehead atoms. The smallest absolute Gasteiger partial charge is 0.407 e. The van der Waals surface area contributed by atoms with Crippen molar-refractivity contribution >= 4 is 34.7 Å². The van der Waals surface area contributed by atoms with Gasteiger partial charge < -0.3 is 14.8 Å². The largest absolute Gasteiger partial charge is 0.463 e. The number of amides is 1. The van der Waals surface area contributed by atoms with Crippen LogP contribution in [0.1, 0.15) is 47.5 Å². The average Bonchev–Trinajstić information content (AvgIpc) is 2.33. The van der Waals surface area contributed by atoms with Crippen LogP contribution in [0.15, 0.2) is 12.2 Å². The van der Waals surface area contributed by atoms with E-state index in [0.717, 1.165) is 12.8 Å². The van der Waals surface area contributed by atoms with Gasteiger partial charge in [0.1, 0.15) is 5.60 Å². The third-order valence-corrected chi connectivity index (χ3v) is 3.67. The van der Waals surface area contributed by atoms with Crippen molar-refractivity contribution in [3.8, 4) is 0 Å². The minimum atomic E-state index is -0.525. The van der Waals surface area contributed by atoms with Gasteiger partial charge in [-0.1, -0.05) is 42.0 Å². The first-order valence-electron chi connectivity index (χ1n) is 7.18. The summed E-state index contributed by atoms with van der Waals surface area (Å²) in [6.07, 6.45) is 4.44. The Morgan fingerprint density at radius 2 is 1.90 bits per heavy atom. The highest BCUT2D eigenvalue weighted by Crippen LogP contribution is 2.15. The van der Waals surface area contributed by atoms with Crippen molar-refractivity contribution in [2.75, 3.05) is 6.61 Å². The van der Waals surface area contributed by atoms with Gasteiger partial charge in [-0.05, 0) is 34.1 Å². The van der Waals surface area contributed by atoms with Gasteiger partial charge in [0.2, 0.25) is 0 Å². The minimum absolute atomic E-state index is 0.0144. The van der Waals surface area contributed by atoms with E-state index in [9.17, 15) is 9.59 Å². The molecule has 0 spiro atoms. The van der Waals surface area contributed by atoms with Crippen LogP contribution in [0.25, 0.3) is 0 Å². The van der Waals surface area contributed by atoms with E-state index in [4.69, 9.17) is 9.47 Å². The van der Waals surface area contributed by atoms with E-state index in [2.05, 4.69) is 27.9 Å². The van der Waals surface area contributed by atoms with E-state index in [-0.39, 0.29) is 15.9 Å². The molecule has 21 heavy (non-hydrogen) atoms. The fraction of sp³-hybridized carbons (Fsp3) is 0.733. The first kappa shape index (κ1) is 20.2. The van der Waals surface area contributed by atoms with E-state index < -0.39 is 11.7 Å². The number of hydrogen-bond acceptors (Lipinski definition) is 4. The van der Waals surface area contributed by atoms with E-state index in [1.807, 2.05) is 27.7 Å². The quantitative estimate of drug-likeness (QED) is 0.301. The molecule has 0 heterocycles. The fourth-order valence-corrected chi connectivity index (χ4v) is 2.32. The van der Waals surface area contributed by atoms with Crippen molar-refractivity contribution in [2.24, 2.45) is 0 Å². The third-order valence-electron chi connectivity index (χ3n) is 2.39. The van der Waals surface area contributed by atoms with Crippen LogP contribution in [0.5, 0.6) is 0 Å². The van der Waals surface area contributed by atoms with E-state index in [0.29, 0.717) is 6.61 Å². The minimum Gasteiger partial charge on any atom is -0.463 e. The van der Waals surface area contributed by atoms with Gasteiger partial charge in [-0.2, -0.15) is 0 Å². The third kappa shape index (κ3) is 10.6. The Balaban J connectivity index is 4.59. The molecule has 0 rings (SSSR count). The highest BCUT2D eigenvalue weighted by Gasteiger charge is 2.22. The van der Waals surface area contributed by atoms with Crippen LogP contribution < -0.4 is 5.32 Å². The average molecular weight is 411 g/mol. The van der Waals surface area contributed by atoms with E-state index >= 15 is 0 Å². The van der Waals surface area contributed by atoms with Gasteiger partial charge >= 0.3 is 12.1 Å². The number of alkyl carbamates (subject to hydrolysis) is 1. The summed E-state index contributed by atoms with van der Waals surface area (Å²) in [5, 5.41) is 2.86. The summed E-state index contributed by atoms with van der Waals surface area (Å²) in [4.78, 5) is 23.2. The number of nitrogens with one attached hydrogen (secondary N) is 1. The molecule has 0 fully saturated rings. The molecule has 0 saturated carbocycles. The lowest BCUT2D eigenvalue weighted by atomic mass is 10.1. The lowest BCUT2D eigenvalue weighted by molar-refractivity contribution is -0.137. The Labute approximate surface area is 141 Å². The molecule has 0 aliphatic heterocycles. The Morgan fingerprint density at radius 1 is 1.29 bits per heavy atom. The van der Waals surface area contributed by atoms with Gasteiger partial charge in [0.25, 0.3) is 0 Å². The van der Waals surface area contributed by atoms with Crippen LogP contribution in [0.3, 0.4) is 0 Å². The summed E-state index contributed by atoms with van der Waals surface area (Å²) in [6, 6.07) is -0.0869. The van der Waals surface area contributed by atoms with Gasteiger partial charge in [0.15, 0.2) is 0 Å².